The zero-order valence-corrected chi connectivity index (χ0v) is 13.2. The first kappa shape index (κ1) is 15.3. The van der Waals surface area contributed by atoms with Crippen molar-refractivity contribution in [3.63, 3.8) is 0 Å². The summed E-state index contributed by atoms with van der Waals surface area (Å²) in [6.45, 7) is 5.75. The van der Waals surface area contributed by atoms with Crippen molar-refractivity contribution in [2.75, 3.05) is 19.0 Å². The van der Waals surface area contributed by atoms with Gasteiger partial charge in [-0.1, -0.05) is 0 Å². The molecule has 0 amide bonds. The lowest BCUT2D eigenvalue weighted by Gasteiger charge is -2.27. The maximum absolute atomic E-state index is 9.92. The van der Waals surface area contributed by atoms with E-state index in [0.29, 0.717) is 11.5 Å². The Morgan fingerprint density at radius 1 is 1.10 bits per heavy atom. The van der Waals surface area contributed by atoms with E-state index >= 15 is 0 Å². The Kier molecular flexibility index (Phi) is 4.14. The van der Waals surface area contributed by atoms with E-state index < -0.39 is 0 Å². The molecule has 0 spiro atoms. The van der Waals surface area contributed by atoms with Crippen molar-refractivity contribution < 1.29 is 5.21 Å². The van der Waals surface area contributed by atoms with Crippen LogP contribution in [-0.2, 0) is 0 Å². The van der Waals surface area contributed by atoms with E-state index in [1.54, 1.807) is 12.4 Å². The highest BCUT2D eigenvalue weighted by Gasteiger charge is 2.18. The van der Waals surface area contributed by atoms with Gasteiger partial charge in [0.2, 0.25) is 0 Å². The number of hydrogen-bond donors (Lipinski definition) is 1. The van der Waals surface area contributed by atoms with Gasteiger partial charge in [-0.25, -0.2) is 9.98 Å². The molecule has 0 saturated carbocycles. The van der Waals surface area contributed by atoms with Gasteiger partial charge in [0.05, 0.1) is 18.0 Å². The SMILES string of the molecule is CN(C)c1ccc(C2=N/C(=C/N(O)C(C)(C)C)C=N2)cc1. The van der Waals surface area contributed by atoms with Gasteiger partial charge in [-0.15, -0.1) is 0 Å². The molecular weight excluding hydrogens is 264 g/mol. The molecule has 5 heteroatoms. The van der Waals surface area contributed by atoms with E-state index in [1.807, 2.05) is 64.0 Å². The van der Waals surface area contributed by atoms with Crippen LogP contribution >= 0.6 is 0 Å². The summed E-state index contributed by atoms with van der Waals surface area (Å²) < 4.78 is 0. The maximum atomic E-state index is 9.92. The van der Waals surface area contributed by atoms with Gasteiger partial charge >= 0.3 is 0 Å². The molecule has 1 aromatic carbocycles. The standard InChI is InChI=1S/C16H22N4O/c1-16(2,3)20(21)11-13-10-17-15(18-13)12-6-8-14(9-7-12)19(4)5/h6-11,21H,1-5H3/b13-11+. The summed E-state index contributed by atoms with van der Waals surface area (Å²) in [6, 6.07) is 8.05. The molecule has 0 bridgehead atoms. The third-order valence-electron chi connectivity index (χ3n) is 3.14. The van der Waals surface area contributed by atoms with Crippen molar-refractivity contribution >= 4 is 17.7 Å². The Labute approximate surface area is 125 Å². The lowest BCUT2D eigenvalue weighted by Crippen LogP contribution is -2.34. The molecule has 2 rings (SSSR count). The first-order chi connectivity index (χ1) is 9.77. The van der Waals surface area contributed by atoms with Crippen molar-refractivity contribution in [2.45, 2.75) is 26.3 Å². The van der Waals surface area contributed by atoms with Crippen LogP contribution in [0.2, 0.25) is 0 Å². The summed E-state index contributed by atoms with van der Waals surface area (Å²) in [5.41, 5.74) is 2.36. The monoisotopic (exact) mass is 286 g/mol. The van der Waals surface area contributed by atoms with Crippen molar-refractivity contribution in [2.24, 2.45) is 9.98 Å². The molecule has 1 N–H and O–H groups in total. The number of rotatable bonds is 3. The van der Waals surface area contributed by atoms with Crippen molar-refractivity contribution in [1.82, 2.24) is 5.06 Å². The van der Waals surface area contributed by atoms with E-state index in [4.69, 9.17) is 0 Å². The van der Waals surface area contributed by atoms with Gasteiger partial charge in [0.1, 0.15) is 5.70 Å². The Morgan fingerprint density at radius 3 is 2.24 bits per heavy atom. The Hall–Kier alpha value is -2.14. The molecule has 5 nitrogen and oxygen atoms in total. The van der Waals surface area contributed by atoms with Crippen LogP contribution in [0, 0.1) is 0 Å². The second-order valence-corrected chi connectivity index (χ2v) is 6.20. The summed E-state index contributed by atoms with van der Waals surface area (Å²) in [5.74, 6) is 0.661. The largest absolute Gasteiger partial charge is 0.378 e. The van der Waals surface area contributed by atoms with Gasteiger partial charge in [-0.05, 0) is 45.0 Å². The van der Waals surface area contributed by atoms with E-state index in [2.05, 4.69) is 9.98 Å². The van der Waals surface area contributed by atoms with Gasteiger partial charge in [-0.3, -0.25) is 10.3 Å². The minimum atomic E-state index is -0.369. The minimum absolute atomic E-state index is 0.369. The van der Waals surface area contributed by atoms with Gasteiger partial charge in [0, 0.05) is 25.3 Å². The summed E-state index contributed by atoms with van der Waals surface area (Å²) in [7, 11) is 4.01. The summed E-state index contributed by atoms with van der Waals surface area (Å²) >= 11 is 0. The fourth-order valence-corrected chi connectivity index (χ4v) is 1.74. The maximum Gasteiger partial charge on any atom is 0.159 e. The quantitative estimate of drug-likeness (QED) is 0.869. The highest BCUT2D eigenvalue weighted by molar-refractivity contribution is 6.10. The van der Waals surface area contributed by atoms with Crippen LogP contribution in [-0.4, -0.2) is 42.0 Å². The zero-order chi connectivity index (χ0) is 15.6. The topological polar surface area (TPSA) is 51.4 Å². The van der Waals surface area contributed by atoms with Crippen LogP contribution < -0.4 is 4.90 Å². The number of amidine groups is 1. The second-order valence-electron chi connectivity index (χ2n) is 6.20. The van der Waals surface area contributed by atoms with E-state index in [9.17, 15) is 5.21 Å². The number of nitrogens with zero attached hydrogens (tertiary/aromatic N) is 4. The van der Waals surface area contributed by atoms with Crippen LogP contribution in [0.4, 0.5) is 5.69 Å². The highest BCUT2D eigenvalue weighted by atomic mass is 16.5. The molecule has 1 aliphatic rings. The van der Waals surface area contributed by atoms with Gasteiger partial charge in [-0.2, -0.15) is 0 Å². The van der Waals surface area contributed by atoms with Crippen LogP contribution in [0.1, 0.15) is 26.3 Å². The summed E-state index contributed by atoms with van der Waals surface area (Å²) in [4.78, 5) is 10.8. The normalized spacial score (nSPS) is 16.3. The van der Waals surface area contributed by atoms with Gasteiger partial charge < -0.3 is 4.90 Å². The fraction of sp³-hybridized carbons (Fsp3) is 0.375. The van der Waals surface area contributed by atoms with Crippen LogP contribution in [0.3, 0.4) is 0 Å². The molecule has 0 saturated heterocycles. The Balaban J connectivity index is 2.18. The molecule has 112 valence electrons. The van der Waals surface area contributed by atoms with Crippen molar-refractivity contribution in [1.29, 1.82) is 0 Å². The van der Waals surface area contributed by atoms with Gasteiger partial charge in [0.15, 0.2) is 5.84 Å². The molecule has 0 fully saturated rings. The number of aliphatic imine (C=N–C) groups is 2. The smallest absolute Gasteiger partial charge is 0.159 e. The average molecular weight is 286 g/mol. The molecule has 0 aromatic heterocycles. The molecular formula is C16H22N4O. The predicted molar refractivity (Wildman–Crippen MR) is 87.3 cm³/mol. The molecule has 1 heterocycles. The van der Waals surface area contributed by atoms with Crippen LogP contribution in [0.25, 0.3) is 0 Å². The first-order valence-corrected chi connectivity index (χ1v) is 6.88. The first-order valence-electron chi connectivity index (χ1n) is 6.88. The molecule has 1 aliphatic heterocycles. The van der Waals surface area contributed by atoms with E-state index in [1.165, 1.54) is 0 Å². The zero-order valence-electron chi connectivity index (χ0n) is 13.2. The number of hydroxylamine groups is 2. The lowest BCUT2D eigenvalue weighted by atomic mass is 10.1. The summed E-state index contributed by atoms with van der Waals surface area (Å²) in [6.07, 6.45) is 3.24. The minimum Gasteiger partial charge on any atom is -0.378 e. The summed E-state index contributed by atoms with van der Waals surface area (Å²) in [5, 5.41) is 11.1. The third kappa shape index (κ3) is 3.70. The predicted octanol–water partition coefficient (Wildman–Crippen LogP) is 2.91. The van der Waals surface area contributed by atoms with Crippen molar-refractivity contribution in [3.8, 4) is 0 Å². The number of allylic oxidation sites excluding steroid dienone is 1. The third-order valence-corrected chi connectivity index (χ3v) is 3.14. The van der Waals surface area contributed by atoms with E-state index in [-0.39, 0.29) is 5.54 Å². The Bertz CT molecular complexity index is 592. The number of hydrogen-bond acceptors (Lipinski definition) is 5. The fourth-order valence-electron chi connectivity index (χ4n) is 1.74. The molecule has 0 aliphatic carbocycles. The van der Waals surface area contributed by atoms with Gasteiger partial charge in [0.25, 0.3) is 0 Å². The lowest BCUT2D eigenvalue weighted by molar-refractivity contribution is -0.110. The number of benzene rings is 1. The molecule has 0 radical (unpaired) electrons. The average Bonchev–Trinajstić information content (AvgIpc) is 2.86. The Morgan fingerprint density at radius 2 is 1.71 bits per heavy atom. The molecule has 21 heavy (non-hydrogen) atoms. The highest BCUT2D eigenvalue weighted by Crippen LogP contribution is 2.18. The molecule has 1 aromatic rings. The van der Waals surface area contributed by atoms with Crippen molar-refractivity contribution in [3.05, 3.63) is 41.7 Å². The number of anilines is 1. The molecule has 0 unspecified atom stereocenters. The van der Waals surface area contributed by atoms with Crippen LogP contribution in [0.5, 0.6) is 0 Å². The molecule has 0 atom stereocenters. The van der Waals surface area contributed by atoms with E-state index in [0.717, 1.165) is 16.3 Å². The second kappa shape index (κ2) is 5.69. The van der Waals surface area contributed by atoms with Crippen LogP contribution in [0.15, 0.2) is 46.1 Å².